The SMILES string of the molecule is [2H]c1c([2H])c([2H])c(-c2ccc(N(c3ccc(-c4ccc5oc6c(-c7ccccc7)cccc6c5c4)cc3)c3cccc4oc5ccccc5c34)cc2)c([2H])c1[2H]. The first-order valence-electron chi connectivity index (χ1n) is 19.3. The van der Waals surface area contributed by atoms with Crippen LogP contribution in [0, 0.1) is 0 Å². The van der Waals surface area contributed by atoms with Crippen molar-refractivity contribution in [2.45, 2.75) is 0 Å². The van der Waals surface area contributed by atoms with Gasteiger partial charge in [-0.15, -0.1) is 0 Å². The molecule has 3 heteroatoms. The normalized spacial score (nSPS) is 12.9. The van der Waals surface area contributed by atoms with Crippen molar-refractivity contribution in [3.05, 3.63) is 188 Å². The molecular weight excluding hydrogens is 623 g/mol. The molecule has 0 unspecified atom stereocenters. The van der Waals surface area contributed by atoms with Crippen LogP contribution >= 0.6 is 0 Å². The average molecular weight is 659 g/mol. The minimum absolute atomic E-state index is 0.167. The molecule has 10 rings (SSSR count). The Morgan fingerprint density at radius 3 is 1.82 bits per heavy atom. The van der Waals surface area contributed by atoms with Crippen molar-refractivity contribution in [1.82, 2.24) is 0 Å². The first-order chi connectivity index (χ1) is 27.4. The average Bonchev–Trinajstić information content (AvgIpc) is 3.82. The third-order valence-electron chi connectivity index (χ3n) is 9.58. The van der Waals surface area contributed by atoms with Gasteiger partial charge in [0.25, 0.3) is 0 Å². The number of hydrogen-bond donors (Lipinski definition) is 0. The van der Waals surface area contributed by atoms with Crippen molar-refractivity contribution >= 4 is 60.9 Å². The molecule has 8 aromatic carbocycles. The van der Waals surface area contributed by atoms with Crippen LogP contribution in [0.2, 0.25) is 0 Å². The van der Waals surface area contributed by atoms with E-state index in [4.69, 9.17) is 15.7 Å². The maximum Gasteiger partial charge on any atom is 0.143 e. The number of hydrogen-bond acceptors (Lipinski definition) is 3. The Bertz CT molecular complexity index is 3100. The van der Waals surface area contributed by atoms with Crippen LogP contribution in [-0.2, 0) is 0 Å². The van der Waals surface area contributed by atoms with E-state index in [0.29, 0.717) is 5.56 Å². The minimum atomic E-state index is -0.411. The van der Waals surface area contributed by atoms with Gasteiger partial charge in [0, 0.05) is 33.1 Å². The smallest absolute Gasteiger partial charge is 0.143 e. The number of benzene rings is 8. The molecular formula is C48H31NO2. The maximum absolute atomic E-state index is 8.54. The zero-order valence-corrected chi connectivity index (χ0v) is 27.3. The molecule has 0 fully saturated rings. The highest BCUT2D eigenvalue weighted by Gasteiger charge is 2.20. The van der Waals surface area contributed by atoms with Crippen molar-refractivity contribution in [2.24, 2.45) is 0 Å². The topological polar surface area (TPSA) is 29.5 Å². The van der Waals surface area contributed by atoms with Crippen LogP contribution in [0.1, 0.15) is 6.85 Å². The van der Waals surface area contributed by atoms with Crippen molar-refractivity contribution in [2.75, 3.05) is 4.90 Å². The third kappa shape index (κ3) is 4.98. The van der Waals surface area contributed by atoms with Crippen LogP contribution in [0.3, 0.4) is 0 Å². The van der Waals surface area contributed by atoms with Crippen LogP contribution in [0.5, 0.6) is 0 Å². The molecule has 2 aromatic heterocycles. The molecule has 0 saturated heterocycles. The summed E-state index contributed by atoms with van der Waals surface area (Å²) in [7, 11) is 0. The Balaban J connectivity index is 1.09. The van der Waals surface area contributed by atoms with Crippen molar-refractivity contribution in [3.8, 4) is 33.4 Å². The van der Waals surface area contributed by atoms with Gasteiger partial charge >= 0.3 is 0 Å². The summed E-state index contributed by atoms with van der Waals surface area (Å²) in [5.41, 5.74) is 10.9. The number of furan rings is 2. The molecule has 2 heterocycles. The molecule has 10 aromatic rings. The fourth-order valence-electron chi connectivity index (χ4n) is 7.17. The van der Waals surface area contributed by atoms with Crippen molar-refractivity contribution < 1.29 is 15.7 Å². The number of para-hydroxylation sites is 2. The predicted octanol–water partition coefficient (Wildman–Crippen LogP) is 14.0. The number of rotatable bonds is 6. The molecule has 0 aliphatic carbocycles. The zero-order valence-electron chi connectivity index (χ0n) is 32.3. The van der Waals surface area contributed by atoms with Gasteiger partial charge in [0.2, 0.25) is 0 Å². The van der Waals surface area contributed by atoms with E-state index in [0.717, 1.165) is 83.2 Å². The number of nitrogens with zero attached hydrogens (tertiary/aromatic N) is 1. The second-order valence-corrected chi connectivity index (χ2v) is 12.5. The van der Waals surface area contributed by atoms with E-state index in [1.54, 1.807) is 0 Å². The van der Waals surface area contributed by atoms with Crippen LogP contribution in [0.25, 0.3) is 77.3 Å². The minimum Gasteiger partial charge on any atom is -0.456 e. The van der Waals surface area contributed by atoms with Crippen LogP contribution < -0.4 is 4.90 Å². The Labute approximate surface area is 302 Å². The summed E-state index contributed by atoms with van der Waals surface area (Å²) in [6.07, 6.45) is 0. The van der Waals surface area contributed by atoms with Gasteiger partial charge in [-0.25, -0.2) is 0 Å². The first kappa shape index (κ1) is 24.3. The summed E-state index contributed by atoms with van der Waals surface area (Å²) in [5.74, 6) is 0. The van der Waals surface area contributed by atoms with E-state index >= 15 is 0 Å². The maximum atomic E-state index is 8.54. The van der Waals surface area contributed by atoms with Gasteiger partial charge < -0.3 is 13.7 Å². The standard InChI is InChI=1S/C48H31NO2/c1-3-11-32(12-4-1)33-21-26-37(27-22-33)49(43-18-10-20-46-47(43)41-15-7-8-19-44(41)50-46)38-28-23-34(24-29-38)36-25-30-45-42(31-36)40-17-9-16-39(48(40)51-45)35-13-5-2-6-14-35/h1-31H/i1D,3D,4D,11D,12D. The second-order valence-electron chi connectivity index (χ2n) is 12.5. The number of anilines is 3. The quantitative estimate of drug-likeness (QED) is 0.178. The van der Waals surface area contributed by atoms with E-state index in [9.17, 15) is 0 Å². The lowest BCUT2D eigenvalue weighted by Gasteiger charge is -2.26. The molecule has 0 aliphatic rings. The van der Waals surface area contributed by atoms with Gasteiger partial charge in [-0.3, -0.25) is 0 Å². The largest absolute Gasteiger partial charge is 0.456 e. The summed E-state index contributed by atoms with van der Waals surface area (Å²) in [5, 5.41) is 4.08. The van der Waals surface area contributed by atoms with E-state index in [1.807, 2.05) is 78.9 Å². The van der Waals surface area contributed by atoms with Crippen LogP contribution in [0.15, 0.2) is 197 Å². The van der Waals surface area contributed by atoms with E-state index in [2.05, 4.69) is 83.8 Å². The van der Waals surface area contributed by atoms with Gasteiger partial charge in [-0.2, -0.15) is 0 Å². The lowest BCUT2D eigenvalue weighted by atomic mass is 10.00. The predicted molar refractivity (Wildman–Crippen MR) is 212 cm³/mol. The zero-order chi connectivity index (χ0) is 38.1. The molecule has 0 atom stereocenters. The Morgan fingerprint density at radius 2 is 1.04 bits per heavy atom. The number of fused-ring (bicyclic) bond motifs is 6. The molecule has 0 radical (unpaired) electrons. The van der Waals surface area contributed by atoms with Gasteiger partial charge in [-0.05, 0) is 82.4 Å². The van der Waals surface area contributed by atoms with Crippen LogP contribution in [0.4, 0.5) is 17.1 Å². The van der Waals surface area contributed by atoms with Gasteiger partial charge in [-0.1, -0.05) is 133 Å². The first-order valence-corrected chi connectivity index (χ1v) is 16.8. The van der Waals surface area contributed by atoms with Crippen LogP contribution in [-0.4, -0.2) is 0 Å². The lowest BCUT2D eigenvalue weighted by Crippen LogP contribution is -2.10. The molecule has 0 N–H and O–H groups in total. The highest BCUT2D eigenvalue weighted by atomic mass is 16.3. The summed E-state index contributed by atoms with van der Waals surface area (Å²) in [6.45, 7) is 0. The highest BCUT2D eigenvalue weighted by molar-refractivity contribution is 6.13. The molecule has 51 heavy (non-hydrogen) atoms. The fraction of sp³-hybridized carbons (Fsp3) is 0. The van der Waals surface area contributed by atoms with E-state index in [1.165, 1.54) is 0 Å². The Hall–Kier alpha value is -6.84. The van der Waals surface area contributed by atoms with Gasteiger partial charge in [0.05, 0.1) is 17.9 Å². The summed E-state index contributed by atoms with van der Waals surface area (Å²) >= 11 is 0. The molecule has 0 spiro atoms. The monoisotopic (exact) mass is 658 g/mol. The second kappa shape index (κ2) is 11.9. The van der Waals surface area contributed by atoms with E-state index in [-0.39, 0.29) is 29.7 Å². The van der Waals surface area contributed by atoms with Crippen molar-refractivity contribution in [1.29, 1.82) is 0 Å². The molecule has 3 nitrogen and oxygen atoms in total. The molecule has 240 valence electrons. The molecule has 0 amide bonds. The molecule has 0 bridgehead atoms. The molecule has 0 saturated carbocycles. The Morgan fingerprint density at radius 1 is 0.412 bits per heavy atom. The highest BCUT2D eigenvalue weighted by Crippen LogP contribution is 2.44. The molecule has 0 aliphatic heterocycles. The fourth-order valence-corrected chi connectivity index (χ4v) is 7.17. The Kier molecular flexibility index (Phi) is 5.69. The third-order valence-corrected chi connectivity index (χ3v) is 9.58. The lowest BCUT2D eigenvalue weighted by molar-refractivity contribution is 0.669. The summed E-state index contributed by atoms with van der Waals surface area (Å²) in [4.78, 5) is 2.16. The van der Waals surface area contributed by atoms with Gasteiger partial charge in [0.1, 0.15) is 22.3 Å². The van der Waals surface area contributed by atoms with Crippen molar-refractivity contribution in [3.63, 3.8) is 0 Å². The van der Waals surface area contributed by atoms with E-state index < -0.39 is 6.04 Å². The summed E-state index contributed by atoms with van der Waals surface area (Å²) in [6, 6.07) is 51.3. The van der Waals surface area contributed by atoms with Gasteiger partial charge in [0.15, 0.2) is 0 Å². The summed E-state index contributed by atoms with van der Waals surface area (Å²) < 4.78 is 54.3.